The van der Waals surface area contributed by atoms with Gasteiger partial charge in [0.05, 0.1) is 0 Å². The minimum atomic E-state index is 0. The summed E-state index contributed by atoms with van der Waals surface area (Å²) >= 11 is 0. The topological polar surface area (TPSA) is 0 Å². The molecule has 48 heavy (non-hydrogen) atoms. The molecule has 0 N–H and O–H groups in total. The van der Waals surface area contributed by atoms with Crippen LogP contribution in [-0.4, -0.2) is 0 Å². The molecule has 0 aromatic heterocycles. The zero-order chi connectivity index (χ0) is 31.3. The van der Waals surface area contributed by atoms with Crippen molar-refractivity contribution in [2.24, 2.45) is 46.3 Å². The van der Waals surface area contributed by atoms with Crippen molar-refractivity contribution in [2.75, 3.05) is 0 Å². The number of benzene rings is 2. The summed E-state index contributed by atoms with van der Waals surface area (Å²) in [7, 11) is 0. The molecular weight excluding hydrogens is 703 g/mol. The van der Waals surface area contributed by atoms with Gasteiger partial charge in [-0.05, 0) is 148 Å². The van der Waals surface area contributed by atoms with Crippen LogP contribution in [0, 0.1) is 46.3 Å². The van der Waals surface area contributed by atoms with Gasteiger partial charge in [-0.25, -0.2) is 0 Å². The van der Waals surface area contributed by atoms with E-state index in [1.165, 1.54) is 56.1 Å². The molecule has 0 heterocycles. The summed E-state index contributed by atoms with van der Waals surface area (Å²) in [4.78, 5) is 0. The first-order chi connectivity index (χ1) is 21.3. The molecular formula is C45H58Cl2Zr. The van der Waals surface area contributed by atoms with Crippen molar-refractivity contribution >= 4 is 0 Å². The molecule has 0 amide bonds. The van der Waals surface area contributed by atoms with Gasteiger partial charge in [-0.1, -0.05) is 115 Å². The predicted molar refractivity (Wildman–Crippen MR) is 190 cm³/mol. The smallest absolute Gasteiger partial charge is 1.00 e. The molecule has 5 saturated carbocycles. The van der Waals surface area contributed by atoms with Crippen LogP contribution in [0.15, 0.2) is 59.2 Å². The largest absolute Gasteiger partial charge is 2.00 e. The second-order valence-electron chi connectivity index (χ2n) is 19.8. The molecule has 256 valence electrons. The fourth-order valence-corrected chi connectivity index (χ4v) is 13.5. The SMILES string of the molecule is CC(C)C1(C2c3ccc(C(C)(C)C)cc3-c3cc(C(C)(C)C)ccc32)C2=C(CC(C34CC5CC(CC(C5)C3)C4)=C2)C2CCCC21.[Cl-].[Cl-].[Zr+2]. The number of allylic oxidation sites excluding steroid dienone is 4. The van der Waals surface area contributed by atoms with Gasteiger partial charge in [0.2, 0.25) is 0 Å². The first kappa shape index (κ1) is 37.2. The van der Waals surface area contributed by atoms with Crippen LogP contribution in [0.5, 0.6) is 0 Å². The van der Waals surface area contributed by atoms with Crippen LogP contribution in [0.1, 0.15) is 148 Å². The molecule has 4 bridgehead atoms. The second kappa shape index (κ2) is 12.2. The van der Waals surface area contributed by atoms with Crippen molar-refractivity contribution in [3.8, 4) is 11.1 Å². The third kappa shape index (κ3) is 5.10. The minimum Gasteiger partial charge on any atom is -1.00 e. The van der Waals surface area contributed by atoms with Gasteiger partial charge in [-0.2, -0.15) is 0 Å². The Morgan fingerprint density at radius 3 is 1.67 bits per heavy atom. The Labute approximate surface area is 324 Å². The molecule has 3 heteroatoms. The Hall–Kier alpha value is -0.617. The molecule has 8 aliphatic carbocycles. The van der Waals surface area contributed by atoms with Crippen LogP contribution >= 0.6 is 0 Å². The van der Waals surface area contributed by atoms with E-state index in [9.17, 15) is 0 Å². The molecule has 5 fully saturated rings. The average Bonchev–Trinajstić information content (AvgIpc) is 3.71. The number of fused-ring (bicyclic) bond motifs is 5. The summed E-state index contributed by atoms with van der Waals surface area (Å²) < 4.78 is 0. The summed E-state index contributed by atoms with van der Waals surface area (Å²) in [6, 6.07) is 15.4. The van der Waals surface area contributed by atoms with Gasteiger partial charge in [-0.3, -0.25) is 0 Å². The van der Waals surface area contributed by atoms with E-state index in [-0.39, 0.29) is 67.3 Å². The summed E-state index contributed by atoms with van der Waals surface area (Å²) in [5, 5.41) is 0. The van der Waals surface area contributed by atoms with Crippen molar-refractivity contribution < 1.29 is 51.0 Å². The molecule has 0 saturated heterocycles. The Balaban J connectivity index is 0.00000134. The second-order valence-corrected chi connectivity index (χ2v) is 19.8. The maximum absolute atomic E-state index is 2.94. The van der Waals surface area contributed by atoms with Crippen LogP contribution < -0.4 is 24.8 Å². The predicted octanol–water partition coefficient (Wildman–Crippen LogP) is 6.31. The van der Waals surface area contributed by atoms with Gasteiger partial charge in [0.1, 0.15) is 0 Å². The van der Waals surface area contributed by atoms with Gasteiger partial charge in [0.25, 0.3) is 0 Å². The summed E-state index contributed by atoms with van der Waals surface area (Å²) in [6.07, 6.45) is 17.7. The number of rotatable bonds is 3. The molecule has 3 atom stereocenters. The van der Waals surface area contributed by atoms with E-state index in [0.29, 0.717) is 17.3 Å². The van der Waals surface area contributed by atoms with Crippen molar-refractivity contribution in [3.63, 3.8) is 0 Å². The normalized spacial score (nSPS) is 34.3. The quantitative estimate of drug-likeness (QED) is 0.344. The summed E-state index contributed by atoms with van der Waals surface area (Å²) in [5.41, 5.74) is 16.0. The average molecular weight is 761 g/mol. The van der Waals surface area contributed by atoms with Gasteiger partial charge >= 0.3 is 26.2 Å². The van der Waals surface area contributed by atoms with Crippen molar-refractivity contribution in [1.82, 2.24) is 0 Å². The van der Waals surface area contributed by atoms with Crippen molar-refractivity contribution in [1.29, 1.82) is 0 Å². The standard InChI is InChI=1S/C45H58.2ClH.Zr/c1-26(2)45(41-34-14-12-30(42(3,4)5)19-36(34)37-20-31(43(6,7)8)13-15-35(37)41)39-11-9-10-33(39)38-21-32(22-40(38)45)44-23-27-16-28(24-44)18-29(17-27)25-44;;;/h12-15,19-20,22,26-29,33,39,41H,9-11,16-18,21,23-25H2,1-8H3;2*1H;/q;;;+2/p-2. The van der Waals surface area contributed by atoms with Gasteiger partial charge in [0, 0.05) is 11.3 Å². The third-order valence-electron chi connectivity index (χ3n) is 15.0. The van der Waals surface area contributed by atoms with E-state index in [1.807, 2.05) is 16.7 Å². The van der Waals surface area contributed by atoms with E-state index in [0.717, 1.165) is 29.6 Å². The number of halogens is 2. The van der Waals surface area contributed by atoms with E-state index in [4.69, 9.17) is 0 Å². The maximum atomic E-state index is 2.94. The van der Waals surface area contributed by atoms with E-state index in [1.54, 1.807) is 41.5 Å². The maximum Gasteiger partial charge on any atom is 2.00 e. The molecule has 0 aliphatic heterocycles. The molecule has 2 aromatic rings. The molecule has 3 unspecified atom stereocenters. The zero-order valence-corrected chi connectivity index (χ0v) is 34.9. The Morgan fingerprint density at radius 2 is 1.21 bits per heavy atom. The Morgan fingerprint density at radius 1 is 0.708 bits per heavy atom. The van der Waals surface area contributed by atoms with Crippen molar-refractivity contribution in [2.45, 2.75) is 136 Å². The van der Waals surface area contributed by atoms with E-state index < -0.39 is 0 Å². The first-order valence-corrected chi connectivity index (χ1v) is 19.0. The van der Waals surface area contributed by atoms with Crippen LogP contribution in [0.25, 0.3) is 11.1 Å². The molecule has 0 spiro atoms. The molecule has 8 aliphatic rings. The molecule has 2 aromatic carbocycles. The van der Waals surface area contributed by atoms with Crippen LogP contribution in [0.2, 0.25) is 0 Å². The fourth-order valence-electron chi connectivity index (χ4n) is 13.5. The Kier molecular flexibility index (Phi) is 9.47. The molecule has 10 rings (SSSR count). The van der Waals surface area contributed by atoms with Gasteiger partial charge in [-0.15, -0.1) is 0 Å². The van der Waals surface area contributed by atoms with Crippen LogP contribution in [-0.2, 0) is 37.0 Å². The summed E-state index contributed by atoms with van der Waals surface area (Å²) in [6.45, 7) is 19.5. The first-order valence-electron chi connectivity index (χ1n) is 19.0. The monoisotopic (exact) mass is 758 g/mol. The Bertz CT molecular complexity index is 1560. The van der Waals surface area contributed by atoms with Crippen LogP contribution in [0.3, 0.4) is 0 Å². The number of hydrogen-bond acceptors (Lipinski definition) is 0. The number of hydrogen-bond donors (Lipinski definition) is 0. The summed E-state index contributed by atoms with van der Waals surface area (Å²) in [5.74, 6) is 5.70. The zero-order valence-electron chi connectivity index (χ0n) is 30.9. The van der Waals surface area contributed by atoms with E-state index in [2.05, 4.69) is 97.9 Å². The molecule has 0 radical (unpaired) electrons. The van der Waals surface area contributed by atoms with E-state index >= 15 is 0 Å². The van der Waals surface area contributed by atoms with Crippen molar-refractivity contribution in [3.05, 3.63) is 81.4 Å². The van der Waals surface area contributed by atoms with Gasteiger partial charge < -0.3 is 24.8 Å². The minimum absolute atomic E-state index is 0. The third-order valence-corrected chi connectivity index (χ3v) is 15.0. The van der Waals surface area contributed by atoms with Crippen LogP contribution in [0.4, 0.5) is 0 Å². The van der Waals surface area contributed by atoms with Gasteiger partial charge in [0.15, 0.2) is 0 Å². The fraction of sp³-hybridized carbons (Fsp3) is 0.644. The molecule has 0 nitrogen and oxygen atoms in total.